The third kappa shape index (κ3) is 2.06. The van der Waals surface area contributed by atoms with Crippen molar-refractivity contribution in [2.24, 2.45) is 0 Å². The zero-order valence-corrected chi connectivity index (χ0v) is 10.6. The lowest BCUT2D eigenvalue weighted by molar-refractivity contribution is -0.433. The number of hydrogen-bond donors (Lipinski definition) is 0. The van der Waals surface area contributed by atoms with Crippen molar-refractivity contribution >= 4 is 5.97 Å². The molecule has 0 aliphatic carbocycles. The lowest BCUT2D eigenvalue weighted by Crippen LogP contribution is -2.74. The average molecular weight is 408 g/mol. The number of alkyl halides is 14. The normalized spacial score (nSPS) is 27.8. The van der Waals surface area contributed by atoms with Gasteiger partial charge in [0.25, 0.3) is 0 Å². The van der Waals surface area contributed by atoms with Crippen LogP contribution >= 0.6 is 0 Å². The van der Waals surface area contributed by atoms with E-state index in [9.17, 15) is 71.4 Å². The molecule has 1 unspecified atom stereocenters. The maximum atomic E-state index is 13.4. The fraction of sp³-hybridized carbons (Fsp3) is 0.875. The Labute approximate surface area is 125 Å². The van der Waals surface area contributed by atoms with Crippen molar-refractivity contribution in [3.05, 3.63) is 0 Å². The van der Waals surface area contributed by atoms with Crippen LogP contribution in [0.25, 0.3) is 0 Å². The standard InChI is InChI=1S/C8HF14NO2/c9-2(1(24)25,5(14,15)16)6(17,18)23-7(19,20)3(10,11)4(12,13)8(23,21)22/h(H,24,25)/p-1. The van der Waals surface area contributed by atoms with Crippen LogP contribution in [0.15, 0.2) is 0 Å². The van der Waals surface area contributed by atoms with E-state index in [1.54, 1.807) is 0 Å². The van der Waals surface area contributed by atoms with Crippen LogP contribution in [0.1, 0.15) is 0 Å². The highest BCUT2D eigenvalue weighted by Gasteiger charge is 2.98. The molecule has 0 radical (unpaired) electrons. The second-order valence-corrected chi connectivity index (χ2v) is 4.55. The Kier molecular flexibility index (Phi) is 4.12. The molecule has 1 saturated heterocycles. The van der Waals surface area contributed by atoms with Crippen LogP contribution in [0.4, 0.5) is 61.5 Å². The zero-order valence-electron chi connectivity index (χ0n) is 10.6. The number of carboxylic acid groups (broad SMARTS) is 1. The molecule has 1 heterocycles. The Morgan fingerprint density at radius 1 is 0.720 bits per heavy atom. The van der Waals surface area contributed by atoms with Gasteiger partial charge in [0.1, 0.15) is 0 Å². The summed E-state index contributed by atoms with van der Waals surface area (Å²) in [4.78, 5) is 5.92. The first kappa shape index (κ1) is 21.5. The summed E-state index contributed by atoms with van der Waals surface area (Å²) >= 11 is 0. The maximum Gasteiger partial charge on any atom is 0.435 e. The van der Waals surface area contributed by atoms with Gasteiger partial charge in [0, 0.05) is 0 Å². The van der Waals surface area contributed by atoms with Crippen LogP contribution in [0, 0.1) is 0 Å². The number of aliphatic carboxylic acids is 1. The molecule has 3 nitrogen and oxygen atoms in total. The second kappa shape index (κ2) is 4.79. The molecule has 1 aliphatic heterocycles. The summed E-state index contributed by atoms with van der Waals surface area (Å²) in [6.45, 7) is 0. The molecular formula is C8F14NO2-. The highest BCUT2D eigenvalue weighted by Crippen LogP contribution is 2.67. The molecule has 0 bridgehead atoms. The number of likely N-dealkylation sites (tertiary alicyclic amines) is 1. The van der Waals surface area contributed by atoms with Crippen molar-refractivity contribution in [1.29, 1.82) is 0 Å². The van der Waals surface area contributed by atoms with E-state index in [0.717, 1.165) is 0 Å². The lowest BCUT2D eigenvalue weighted by Gasteiger charge is -2.42. The molecule has 0 aromatic rings. The van der Waals surface area contributed by atoms with Crippen molar-refractivity contribution in [2.75, 3.05) is 0 Å². The second-order valence-electron chi connectivity index (χ2n) is 4.55. The molecule has 0 aromatic carbocycles. The number of rotatable bonds is 3. The number of hydrogen-bond acceptors (Lipinski definition) is 3. The highest BCUT2D eigenvalue weighted by molar-refractivity contribution is 5.78. The van der Waals surface area contributed by atoms with E-state index < -0.39 is 52.7 Å². The molecule has 1 fully saturated rings. The first-order chi connectivity index (χ1) is 10.6. The number of nitrogens with zero attached hydrogens (tertiary/aromatic N) is 1. The third-order valence-corrected chi connectivity index (χ3v) is 3.08. The number of carbonyl (C=O) groups is 1. The SMILES string of the molecule is O=C([O-])C(F)(C(F)(F)F)C(F)(F)N1C(F)(F)C(F)(F)C(F)(F)C1(F)F. The quantitative estimate of drug-likeness (QED) is 0.532. The highest BCUT2D eigenvalue weighted by atomic mass is 19.4. The number of carboxylic acids is 1. The van der Waals surface area contributed by atoms with Crippen LogP contribution < -0.4 is 5.11 Å². The van der Waals surface area contributed by atoms with Gasteiger partial charge < -0.3 is 9.90 Å². The summed E-state index contributed by atoms with van der Waals surface area (Å²) in [5.41, 5.74) is -7.48. The molecule has 0 amide bonds. The summed E-state index contributed by atoms with van der Waals surface area (Å²) in [6.07, 6.45) is -7.52. The zero-order chi connectivity index (χ0) is 20.7. The van der Waals surface area contributed by atoms with Crippen LogP contribution in [0.2, 0.25) is 0 Å². The van der Waals surface area contributed by atoms with E-state index in [4.69, 9.17) is 0 Å². The third-order valence-electron chi connectivity index (χ3n) is 3.08. The minimum Gasteiger partial charge on any atom is -0.546 e. The van der Waals surface area contributed by atoms with Crippen molar-refractivity contribution in [3.8, 4) is 0 Å². The summed E-state index contributed by atoms with van der Waals surface area (Å²) in [7, 11) is 0. The van der Waals surface area contributed by atoms with Gasteiger partial charge >= 0.3 is 41.8 Å². The Morgan fingerprint density at radius 2 is 1.00 bits per heavy atom. The van der Waals surface area contributed by atoms with E-state index in [1.807, 2.05) is 0 Å². The maximum absolute atomic E-state index is 13.4. The predicted molar refractivity (Wildman–Crippen MR) is 41.5 cm³/mol. The lowest BCUT2D eigenvalue weighted by atomic mass is 10.0. The summed E-state index contributed by atoms with van der Waals surface area (Å²) < 4.78 is 180. The van der Waals surface area contributed by atoms with Gasteiger partial charge in [-0.05, 0) is 0 Å². The van der Waals surface area contributed by atoms with E-state index in [-0.39, 0.29) is 0 Å². The van der Waals surface area contributed by atoms with Gasteiger partial charge in [-0.1, -0.05) is 0 Å². The summed E-state index contributed by atoms with van der Waals surface area (Å²) in [5, 5.41) is 10.0. The van der Waals surface area contributed by atoms with Gasteiger partial charge in [0.15, 0.2) is 0 Å². The molecule has 1 rings (SSSR count). The van der Waals surface area contributed by atoms with Crippen LogP contribution in [0.5, 0.6) is 0 Å². The minimum atomic E-state index is -7.86. The number of halogens is 14. The molecule has 0 aromatic heterocycles. The Balaban J connectivity index is 3.86. The molecule has 148 valence electrons. The summed E-state index contributed by atoms with van der Waals surface area (Å²) in [5.74, 6) is -19.5. The van der Waals surface area contributed by atoms with Gasteiger partial charge in [0.05, 0.1) is 5.97 Å². The molecule has 1 aliphatic rings. The molecule has 25 heavy (non-hydrogen) atoms. The number of carbonyl (C=O) groups excluding carboxylic acids is 1. The van der Waals surface area contributed by atoms with E-state index in [0.29, 0.717) is 0 Å². The van der Waals surface area contributed by atoms with Crippen LogP contribution in [-0.2, 0) is 4.79 Å². The van der Waals surface area contributed by atoms with Crippen molar-refractivity contribution < 1.29 is 71.4 Å². The summed E-state index contributed by atoms with van der Waals surface area (Å²) in [6, 6.07) is -22.9. The van der Waals surface area contributed by atoms with Crippen molar-refractivity contribution in [2.45, 2.75) is 41.8 Å². The molecule has 0 saturated carbocycles. The molecule has 1 atom stereocenters. The van der Waals surface area contributed by atoms with Gasteiger partial charge in [0.2, 0.25) is 0 Å². The Bertz CT molecular complexity index is 556. The fourth-order valence-corrected chi connectivity index (χ4v) is 1.75. The Hall–Kier alpha value is -1.55. The van der Waals surface area contributed by atoms with Gasteiger partial charge in [-0.3, -0.25) is 0 Å². The monoisotopic (exact) mass is 408 g/mol. The van der Waals surface area contributed by atoms with Crippen LogP contribution in [0.3, 0.4) is 0 Å². The Morgan fingerprint density at radius 3 is 1.20 bits per heavy atom. The van der Waals surface area contributed by atoms with Crippen molar-refractivity contribution in [1.82, 2.24) is 4.90 Å². The van der Waals surface area contributed by atoms with E-state index >= 15 is 0 Å². The fourth-order valence-electron chi connectivity index (χ4n) is 1.75. The van der Waals surface area contributed by atoms with Gasteiger partial charge in [-0.2, -0.15) is 57.1 Å². The van der Waals surface area contributed by atoms with Gasteiger partial charge in [-0.25, -0.2) is 4.39 Å². The largest absolute Gasteiger partial charge is 0.546 e. The smallest absolute Gasteiger partial charge is 0.435 e. The topological polar surface area (TPSA) is 43.4 Å². The molecule has 0 spiro atoms. The first-order valence-corrected chi connectivity index (χ1v) is 5.22. The van der Waals surface area contributed by atoms with E-state index in [2.05, 4.69) is 0 Å². The molecular weight excluding hydrogens is 408 g/mol. The molecule has 17 heteroatoms. The average Bonchev–Trinajstić information content (AvgIpc) is 2.40. The van der Waals surface area contributed by atoms with E-state index in [1.165, 1.54) is 0 Å². The predicted octanol–water partition coefficient (Wildman–Crippen LogP) is 2.37. The van der Waals surface area contributed by atoms with Crippen LogP contribution in [-0.4, -0.2) is 52.7 Å². The van der Waals surface area contributed by atoms with Crippen molar-refractivity contribution in [3.63, 3.8) is 0 Å². The first-order valence-electron chi connectivity index (χ1n) is 5.22. The van der Waals surface area contributed by atoms with Gasteiger partial charge in [-0.15, -0.1) is 4.90 Å². The minimum absolute atomic E-state index is 4.11. The molecule has 0 N–H and O–H groups in total.